The summed E-state index contributed by atoms with van der Waals surface area (Å²) in [5.74, 6) is -0.685. The van der Waals surface area contributed by atoms with Crippen LogP contribution in [0.2, 0.25) is 4.75 Å². The van der Waals surface area contributed by atoms with E-state index < -0.39 is 5.97 Å². The maximum atomic E-state index is 9.73. The molecule has 0 aromatic heterocycles. The molecule has 0 spiro atoms. The second kappa shape index (κ2) is 2.23. The Morgan fingerprint density at radius 2 is 2.17 bits per heavy atom. The SMILES string of the molecule is C[C@H]([GeH2])C(=O)O. The van der Waals surface area contributed by atoms with Gasteiger partial charge < -0.3 is 0 Å². The average molecular weight is 148 g/mol. The van der Waals surface area contributed by atoms with Crippen LogP contribution in [-0.4, -0.2) is 27.6 Å². The minimum atomic E-state index is -0.685. The molecule has 0 fully saturated rings. The predicted molar refractivity (Wildman–Crippen MR) is 25.6 cm³/mol. The second-order valence-electron chi connectivity index (χ2n) is 1.24. The molecule has 0 saturated carbocycles. The Morgan fingerprint density at radius 3 is 2.17 bits per heavy atom. The Morgan fingerprint density at radius 1 is 2.00 bits per heavy atom. The number of carboxylic acid groups (broad SMARTS) is 1. The maximum absolute atomic E-state index is 9.73. The van der Waals surface area contributed by atoms with Crippen LogP contribution in [0.4, 0.5) is 0 Å². The van der Waals surface area contributed by atoms with Crippen LogP contribution in [0.5, 0.6) is 0 Å². The molecule has 35 valence electrons. The van der Waals surface area contributed by atoms with Gasteiger partial charge in [0, 0.05) is 0 Å². The van der Waals surface area contributed by atoms with E-state index in [2.05, 4.69) is 0 Å². The Kier molecular flexibility index (Phi) is 2.24. The summed E-state index contributed by atoms with van der Waals surface area (Å²) >= 11 is 0.843. The molecule has 0 aliphatic rings. The molecule has 6 heavy (non-hydrogen) atoms. The van der Waals surface area contributed by atoms with Crippen molar-refractivity contribution in [2.24, 2.45) is 0 Å². The fourth-order valence-electron chi connectivity index (χ4n) is 0. The number of hydrogen-bond acceptors (Lipinski definition) is 1. The quantitative estimate of drug-likeness (QED) is 0.509. The van der Waals surface area contributed by atoms with Crippen molar-refractivity contribution < 1.29 is 9.90 Å². The van der Waals surface area contributed by atoms with Crippen molar-refractivity contribution in [3.63, 3.8) is 0 Å². The van der Waals surface area contributed by atoms with Gasteiger partial charge in [-0.25, -0.2) is 0 Å². The van der Waals surface area contributed by atoms with Crippen molar-refractivity contribution in [1.82, 2.24) is 0 Å². The van der Waals surface area contributed by atoms with Gasteiger partial charge in [-0.1, -0.05) is 0 Å². The molecule has 1 atom stereocenters. The van der Waals surface area contributed by atoms with E-state index in [1.165, 1.54) is 0 Å². The summed E-state index contributed by atoms with van der Waals surface area (Å²) in [6.07, 6.45) is 0. The van der Waals surface area contributed by atoms with Gasteiger partial charge in [0.2, 0.25) is 0 Å². The van der Waals surface area contributed by atoms with Crippen LogP contribution in [0.3, 0.4) is 0 Å². The Labute approximate surface area is 44.8 Å². The second-order valence-corrected chi connectivity index (χ2v) is 3.81. The standard InChI is InChI=1S/C3H7GeO2/c1-2(4)3(5)6/h2H,4H2,1H3,(H,5,6)/t2-/m0/s1. The van der Waals surface area contributed by atoms with Crippen molar-refractivity contribution in [1.29, 1.82) is 0 Å². The summed E-state index contributed by atoms with van der Waals surface area (Å²) in [6.45, 7) is 1.70. The molecule has 1 N–H and O–H groups in total. The molecule has 0 saturated heterocycles. The minimum absolute atomic E-state index is 0.106. The van der Waals surface area contributed by atoms with Crippen molar-refractivity contribution in [3.8, 4) is 0 Å². The summed E-state index contributed by atoms with van der Waals surface area (Å²) in [6, 6.07) is 0. The van der Waals surface area contributed by atoms with E-state index in [4.69, 9.17) is 5.11 Å². The molecule has 0 aromatic rings. The zero-order valence-corrected chi connectivity index (χ0v) is 6.61. The molecule has 0 bridgehead atoms. The van der Waals surface area contributed by atoms with E-state index in [9.17, 15) is 4.79 Å². The molecular weight excluding hydrogens is 141 g/mol. The van der Waals surface area contributed by atoms with E-state index in [0.717, 1.165) is 16.5 Å². The van der Waals surface area contributed by atoms with Gasteiger partial charge in [-0.2, -0.15) is 0 Å². The first-order valence-electron chi connectivity index (χ1n) is 1.70. The zero-order valence-electron chi connectivity index (χ0n) is 3.64. The van der Waals surface area contributed by atoms with Gasteiger partial charge in [-0.15, -0.1) is 0 Å². The number of rotatable bonds is 1. The molecule has 0 heterocycles. The number of hydrogen-bond donors (Lipinski definition) is 1. The fourth-order valence-corrected chi connectivity index (χ4v) is 0. The topological polar surface area (TPSA) is 37.3 Å². The van der Waals surface area contributed by atoms with Gasteiger partial charge in [0.05, 0.1) is 0 Å². The third kappa shape index (κ3) is 2.26. The van der Waals surface area contributed by atoms with Gasteiger partial charge in [-0.05, 0) is 0 Å². The zero-order chi connectivity index (χ0) is 5.15. The van der Waals surface area contributed by atoms with Crippen molar-refractivity contribution in [2.75, 3.05) is 0 Å². The normalized spacial score (nSPS) is 13.7. The van der Waals surface area contributed by atoms with Crippen molar-refractivity contribution >= 4 is 22.5 Å². The summed E-state index contributed by atoms with van der Waals surface area (Å²) in [7, 11) is 0. The summed E-state index contributed by atoms with van der Waals surface area (Å²) in [5.41, 5.74) is 0. The van der Waals surface area contributed by atoms with Gasteiger partial charge in [0.15, 0.2) is 0 Å². The Bertz CT molecular complexity index is 59.8. The van der Waals surface area contributed by atoms with Gasteiger partial charge in [0.25, 0.3) is 0 Å². The Balaban J connectivity index is 3.26. The monoisotopic (exact) mass is 149 g/mol. The molecular formula is C3H7GeO2. The molecule has 3 heteroatoms. The fraction of sp³-hybridized carbons (Fsp3) is 0.667. The third-order valence-electron chi connectivity index (χ3n) is 0.422. The van der Waals surface area contributed by atoms with Crippen LogP contribution in [0, 0.1) is 0 Å². The van der Waals surface area contributed by atoms with Crippen LogP contribution < -0.4 is 0 Å². The van der Waals surface area contributed by atoms with Gasteiger partial charge in [-0.3, -0.25) is 0 Å². The van der Waals surface area contributed by atoms with E-state index in [-0.39, 0.29) is 4.75 Å². The molecule has 0 aromatic carbocycles. The van der Waals surface area contributed by atoms with Crippen molar-refractivity contribution in [3.05, 3.63) is 0 Å². The predicted octanol–water partition coefficient (Wildman–Crippen LogP) is -0.488. The molecule has 0 amide bonds. The first kappa shape index (κ1) is 6.01. The van der Waals surface area contributed by atoms with E-state index in [1.54, 1.807) is 6.92 Å². The number of aliphatic carboxylic acids is 1. The van der Waals surface area contributed by atoms with Gasteiger partial charge in [0.1, 0.15) is 0 Å². The van der Waals surface area contributed by atoms with E-state index >= 15 is 0 Å². The molecule has 0 rings (SSSR count). The molecule has 0 aliphatic heterocycles. The molecule has 2 nitrogen and oxygen atoms in total. The van der Waals surface area contributed by atoms with E-state index in [0.29, 0.717) is 0 Å². The third-order valence-corrected chi connectivity index (χ3v) is 1.15. The van der Waals surface area contributed by atoms with Crippen LogP contribution in [0.1, 0.15) is 6.92 Å². The van der Waals surface area contributed by atoms with Crippen LogP contribution in [0.25, 0.3) is 0 Å². The first-order valence-corrected chi connectivity index (χ1v) is 3.42. The number of carbonyl (C=O) groups is 1. The Hall–Kier alpha value is 0.0129. The molecule has 0 unspecified atom stereocenters. The van der Waals surface area contributed by atoms with E-state index in [1.807, 2.05) is 0 Å². The first-order chi connectivity index (χ1) is 2.64. The summed E-state index contributed by atoms with van der Waals surface area (Å²) in [5, 5.41) is 8.02. The average Bonchev–Trinajstić information content (AvgIpc) is 1.36. The van der Waals surface area contributed by atoms with Crippen LogP contribution >= 0.6 is 0 Å². The molecule has 0 aliphatic carbocycles. The molecule has 1 radical (unpaired) electrons. The van der Waals surface area contributed by atoms with Crippen LogP contribution in [-0.2, 0) is 4.79 Å². The van der Waals surface area contributed by atoms with Crippen molar-refractivity contribution in [2.45, 2.75) is 11.7 Å². The van der Waals surface area contributed by atoms with Crippen LogP contribution in [0.15, 0.2) is 0 Å². The van der Waals surface area contributed by atoms with Gasteiger partial charge >= 0.3 is 44.1 Å². The number of carboxylic acids is 1. The summed E-state index contributed by atoms with van der Waals surface area (Å²) in [4.78, 5) is 9.73. The summed E-state index contributed by atoms with van der Waals surface area (Å²) < 4.78 is -0.106.